The number of benzene rings is 1. The Morgan fingerprint density at radius 1 is 1.00 bits per heavy atom. The van der Waals surface area contributed by atoms with Gasteiger partial charge < -0.3 is 0 Å². The second kappa shape index (κ2) is 7.53. The largest absolute Gasteiger partial charge is 0.0654 e. The van der Waals surface area contributed by atoms with Crippen molar-refractivity contribution >= 4 is 0 Å². The zero-order valence-electron chi connectivity index (χ0n) is 12.1. The fraction of sp³-hybridized carbons (Fsp3) is 0.647. The Balaban J connectivity index is 2.42. The van der Waals surface area contributed by atoms with Crippen LogP contribution in [0.15, 0.2) is 18.2 Å². The van der Waals surface area contributed by atoms with Gasteiger partial charge in [0.2, 0.25) is 0 Å². The van der Waals surface area contributed by atoms with Crippen molar-refractivity contribution in [1.29, 1.82) is 0 Å². The molecule has 0 heteroatoms. The normalized spacial score (nSPS) is 11.1. The van der Waals surface area contributed by atoms with Crippen molar-refractivity contribution in [2.45, 2.75) is 72.1 Å². The summed E-state index contributed by atoms with van der Waals surface area (Å²) in [6.07, 6.45) is 8.12. The number of unbranched alkanes of at least 4 members (excludes halogenated alkanes) is 4. The Morgan fingerprint density at radius 3 is 2.29 bits per heavy atom. The Bertz CT molecular complexity index is 323. The van der Waals surface area contributed by atoms with Crippen LogP contribution in [-0.2, 0) is 6.42 Å². The third-order valence-electron chi connectivity index (χ3n) is 3.53. The third kappa shape index (κ3) is 4.93. The van der Waals surface area contributed by atoms with Crippen LogP contribution >= 0.6 is 0 Å². The van der Waals surface area contributed by atoms with E-state index in [1.807, 2.05) is 0 Å². The van der Waals surface area contributed by atoms with Crippen LogP contribution < -0.4 is 0 Å². The Morgan fingerprint density at radius 2 is 1.71 bits per heavy atom. The van der Waals surface area contributed by atoms with E-state index in [1.165, 1.54) is 55.2 Å². The molecular weight excluding hydrogens is 204 g/mol. The first-order chi connectivity index (χ1) is 8.15. The minimum Gasteiger partial charge on any atom is -0.0654 e. The van der Waals surface area contributed by atoms with Crippen LogP contribution in [-0.4, -0.2) is 0 Å². The van der Waals surface area contributed by atoms with Crippen LogP contribution in [0.1, 0.15) is 75.5 Å². The molecule has 1 aromatic rings. The van der Waals surface area contributed by atoms with Gasteiger partial charge in [0.15, 0.2) is 0 Å². The van der Waals surface area contributed by atoms with Gasteiger partial charge in [0.05, 0.1) is 0 Å². The summed E-state index contributed by atoms with van der Waals surface area (Å²) in [5.41, 5.74) is 4.48. The molecule has 17 heavy (non-hydrogen) atoms. The van der Waals surface area contributed by atoms with E-state index in [2.05, 4.69) is 45.9 Å². The van der Waals surface area contributed by atoms with Gasteiger partial charge in [-0.1, -0.05) is 64.7 Å². The average Bonchev–Trinajstić information content (AvgIpc) is 2.28. The molecule has 0 aliphatic rings. The van der Waals surface area contributed by atoms with Gasteiger partial charge in [0.25, 0.3) is 0 Å². The predicted molar refractivity (Wildman–Crippen MR) is 77.7 cm³/mol. The maximum Gasteiger partial charge on any atom is -0.0216 e. The summed E-state index contributed by atoms with van der Waals surface area (Å²) in [5, 5.41) is 0. The fourth-order valence-corrected chi connectivity index (χ4v) is 2.47. The SMILES string of the molecule is CCCCCCCc1ccc(C(C)C)c(C)c1. The zero-order valence-corrected chi connectivity index (χ0v) is 12.1. The molecule has 1 aromatic carbocycles. The first-order valence-electron chi connectivity index (χ1n) is 7.24. The highest BCUT2D eigenvalue weighted by atomic mass is 14.1. The molecule has 0 saturated carbocycles. The molecule has 0 aliphatic carbocycles. The lowest BCUT2D eigenvalue weighted by atomic mass is 9.94. The zero-order chi connectivity index (χ0) is 12.7. The minimum atomic E-state index is 0.647. The van der Waals surface area contributed by atoms with Crippen LogP contribution in [0.25, 0.3) is 0 Å². The molecule has 0 amide bonds. The molecule has 96 valence electrons. The van der Waals surface area contributed by atoms with E-state index < -0.39 is 0 Å². The molecular formula is C17H28. The van der Waals surface area contributed by atoms with E-state index in [1.54, 1.807) is 0 Å². The summed E-state index contributed by atoms with van der Waals surface area (Å²) in [6, 6.07) is 7.03. The predicted octanol–water partition coefficient (Wildman–Crippen LogP) is 5.63. The van der Waals surface area contributed by atoms with E-state index in [9.17, 15) is 0 Å². The molecule has 0 bridgehead atoms. The van der Waals surface area contributed by atoms with Gasteiger partial charge in [-0.3, -0.25) is 0 Å². The first kappa shape index (κ1) is 14.3. The van der Waals surface area contributed by atoms with Crippen molar-refractivity contribution in [3.63, 3.8) is 0 Å². The molecule has 0 atom stereocenters. The van der Waals surface area contributed by atoms with E-state index in [-0.39, 0.29) is 0 Å². The maximum atomic E-state index is 2.38. The van der Waals surface area contributed by atoms with Gasteiger partial charge >= 0.3 is 0 Å². The van der Waals surface area contributed by atoms with Crippen molar-refractivity contribution < 1.29 is 0 Å². The van der Waals surface area contributed by atoms with Crippen LogP contribution in [0.2, 0.25) is 0 Å². The van der Waals surface area contributed by atoms with Crippen molar-refractivity contribution in [1.82, 2.24) is 0 Å². The average molecular weight is 232 g/mol. The fourth-order valence-electron chi connectivity index (χ4n) is 2.47. The van der Waals surface area contributed by atoms with E-state index >= 15 is 0 Å². The highest BCUT2D eigenvalue weighted by Gasteiger charge is 2.03. The lowest BCUT2D eigenvalue weighted by molar-refractivity contribution is 0.632. The van der Waals surface area contributed by atoms with Crippen molar-refractivity contribution in [3.05, 3.63) is 34.9 Å². The molecule has 0 nitrogen and oxygen atoms in total. The van der Waals surface area contributed by atoms with Crippen LogP contribution in [0.5, 0.6) is 0 Å². The summed E-state index contributed by atoms with van der Waals surface area (Å²) in [5.74, 6) is 0.647. The third-order valence-corrected chi connectivity index (χ3v) is 3.53. The summed E-state index contributed by atoms with van der Waals surface area (Å²) in [4.78, 5) is 0. The maximum absolute atomic E-state index is 2.38. The molecule has 0 fully saturated rings. The van der Waals surface area contributed by atoms with Crippen molar-refractivity contribution in [2.24, 2.45) is 0 Å². The lowest BCUT2D eigenvalue weighted by Crippen LogP contribution is -1.94. The second-order valence-corrected chi connectivity index (χ2v) is 5.51. The molecule has 0 radical (unpaired) electrons. The molecule has 0 saturated heterocycles. The monoisotopic (exact) mass is 232 g/mol. The summed E-state index contributed by atoms with van der Waals surface area (Å²) in [7, 11) is 0. The van der Waals surface area contributed by atoms with Gasteiger partial charge in [0, 0.05) is 0 Å². The van der Waals surface area contributed by atoms with E-state index in [0.717, 1.165) is 0 Å². The molecule has 0 aliphatic heterocycles. The molecule has 0 unspecified atom stereocenters. The van der Waals surface area contributed by atoms with Crippen LogP contribution in [0.3, 0.4) is 0 Å². The number of hydrogen-bond acceptors (Lipinski definition) is 0. The first-order valence-corrected chi connectivity index (χ1v) is 7.24. The van der Waals surface area contributed by atoms with Crippen molar-refractivity contribution in [3.8, 4) is 0 Å². The summed E-state index contributed by atoms with van der Waals surface area (Å²) in [6.45, 7) is 9.06. The number of rotatable bonds is 7. The second-order valence-electron chi connectivity index (χ2n) is 5.51. The van der Waals surface area contributed by atoms with Gasteiger partial charge in [0.1, 0.15) is 0 Å². The Labute approximate surface area is 107 Å². The topological polar surface area (TPSA) is 0 Å². The molecule has 0 heterocycles. The van der Waals surface area contributed by atoms with Crippen LogP contribution in [0.4, 0.5) is 0 Å². The van der Waals surface area contributed by atoms with E-state index in [0.29, 0.717) is 5.92 Å². The van der Waals surface area contributed by atoms with E-state index in [4.69, 9.17) is 0 Å². The van der Waals surface area contributed by atoms with Crippen molar-refractivity contribution in [2.75, 3.05) is 0 Å². The molecule has 1 rings (SSSR count). The van der Waals surface area contributed by atoms with Gasteiger partial charge in [-0.15, -0.1) is 0 Å². The molecule has 0 spiro atoms. The summed E-state index contributed by atoms with van der Waals surface area (Å²) < 4.78 is 0. The highest BCUT2D eigenvalue weighted by molar-refractivity contribution is 5.33. The van der Waals surface area contributed by atoms with Gasteiger partial charge in [-0.05, 0) is 42.4 Å². The minimum absolute atomic E-state index is 0.647. The highest BCUT2D eigenvalue weighted by Crippen LogP contribution is 2.21. The van der Waals surface area contributed by atoms with Gasteiger partial charge in [-0.2, -0.15) is 0 Å². The quantitative estimate of drug-likeness (QED) is 0.534. The summed E-state index contributed by atoms with van der Waals surface area (Å²) >= 11 is 0. The molecule has 0 aromatic heterocycles. The smallest absolute Gasteiger partial charge is 0.0216 e. The molecule has 0 N–H and O–H groups in total. The number of hydrogen-bond donors (Lipinski definition) is 0. The Kier molecular flexibility index (Phi) is 6.32. The Hall–Kier alpha value is -0.780. The lowest BCUT2D eigenvalue weighted by Gasteiger charge is -2.11. The van der Waals surface area contributed by atoms with Gasteiger partial charge in [-0.25, -0.2) is 0 Å². The van der Waals surface area contributed by atoms with Crippen LogP contribution in [0, 0.1) is 6.92 Å². The number of aryl methyl sites for hydroxylation is 2. The standard InChI is InChI=1S/C17H28/c1-5-6-7-8-9-10-16-11-12-17(14(2)3)15(4)13-16/h11-14H,5-10H2,1-4H3.